The lowest BCUT2D eigenvalue weighted by atomic mass is 10.0. The van der Waals surface area contributed by atoms with Gasteiger partial charge in [-0.25, -0.2) is 0 Å². The van der Waals surface area contributed by atoms with Crippen LogP contribution >= 0.6 is 0 Å². The van der Waals surface area contributed by atoms with Gasteiger partial charge < -0.3 is 14.3 Å². The van der Waals surface area contributed by atoms with Crippen LogP contribution in [-0.2, 0) is 6.42 Å². The summed E-state index contributed by atoms with van der Waals surface area (Å²) in [6.07, 6.45) is 3.64. The van der Waals surface area contributed by atoms with Gasteiger partial charge in [0.25, 0.3) is 0 Å². The average Bonchev–Trinajstić information content (AvgIpc) is 2.94. The first-order valence-electron chi connectivity index (χ1n) is 5.73. The number of ether oxygens (including phenoxy) is 1. The van der Waals surface area contributed by atoms with Gasteiger partial charge in [-0.05, 0) is 36.2 Å². The molecule has 0 radical (unpaired) electrons. The van der Waals surface area contributed by atoms with Crippen LogP contribution in [0.1, 0.15) is 29.7 Å². The molecule has 2 unspecified atom stereocenters. The first-order valence-corrected chi connectivity index (χ1v) is 5.73. The molecule has 2 heterocycles. The van der Waals surface area contributed by atoms with Crippen molar-refractivity contribution in [2.24, 2.45) is 0 Å². The third-order valence-corrected chi connectivity index (χ3v) is 3.09. The van der Waals surface area contributed by atoms with Gasteiger partial charge in [0.1, 0.15) is 18.0 Å². The molecule has 88 valence electrons. The van der Waals surface area contributed by atoms with E-state index in [1.807, 2.05) is 25.1 Å². The second-order valence-electron chi connectivity index (χ2n) is 4.46. The molecule has 0 bridgehead atoms. The normalized spacial score (nSPS) is 19.8. The molecule has 1 aliphatic rings. The lowest BCUT2D eigenvalue weighted by molar-refractivity contribution is 0.219. The second-order valence-corrected chi connectivity index (χ2v) is 4.46. The van der Waals surface area contributed by atoms with Crippen molar-refractivity contribution in [2.75, 3.05) is 0 Å². The van der Waals surface area contributed by atoms with Crippen molar-refractivity contribution in [3.8, 4) is 5.75 Å². The fraction of sp³-hybridized carbons (Fsp3) is 0.286. The van der Waals surface area contributed by atoms with Crippen molar-refractivity contribution < 1.29 is 14.3 Å². The Balaban J connectivity index is 1.93. The molecule has 0 fully saturated rings. The molecule has 0 saturated carbocycles. The minimum Gasteiger partial charge on any atom is -0.490 e. The van der Waals surface area contributed by atoms with Gasteiger partial charge in [0.15, 0.2) is 0 Å². The molecular weight excluding hydrogens is 216 g/mol. The number of benzene rings is 1. The summed E-state index contributed by atoms with van der Waals surface area (Å²) in [5.74, 6) is 0.931. The van der Waals surface area contributed by atoms with Crippen LogP contribution in [-0.4, -0.2) is 11.2 Å². The highest BCUT2D eigenvalue weighted by molar-refractivity contribution is 5.42. The number of aliphatic hydroxyl groups excluding tert-OH is 1. The highest BCUT2D eigenvalue weighted by Crippen LogP contribution is 2.32. The van der Waals surface area contributed by atoms with Crippen LogP contribution in [0.4, 0.5) is 0 Å². The smallest absolute Gasteiger partial charge is 0.123 e. The first-order chi connectivity index (χ1) is 8.24. The molecular formula is C14H14O3. The van der Waals surface area contributed by atoms with Crippen LogP contribution in [0.5, 0.6) is 5.75 Å². The zero-order valence-corrected chi connectivity index (χ0v) is 9.59. The summed E-state index contributed by atoms with van der Waals surface area (Å²) in [5, 5.41) is 10.2. The number of hydrogen-bond donors (Lipinski definition) is 1. The molecule has 0 amide bonds. The molecule has 0 saturated heterocycles. The van der Waals surface area contributed by atoms with E-state index < -0.39 is 6.10 Å². The van der Waals surface area contributed by atoms with Crippen molar-refractivity contribution in [3.05, 3.63) is 53.5 Å². The van der Waals surface area contributed by atoms with Crippen molar-refractivity contribution in [3.63, 3.8) is 0 Å². The number of furan rings is 1. The van der Waals surface area contributed by atoms with Gasteiger partial charge in [0.2, 0.25) is 0 Å². The summed E-state index contributed by atoms with van der Waals surface area (Å²) in [7, 11) is 0. The van der Waals surface area contributed by atoms with Crippen LogP contribution < -0.4 is 4.74 Å². The molecule has 3 nitrogen and oxygen atoms in total. The summed E-state index contributed by atoms with van der Waals surface area (Å²) in [6.45, 7) is 2.05. The quantitative estimate of drug-likeness (QED) is 0.862. The van der Waals surface area contributed by atoms with Gasteiger partial charge >= 0.3 is 0 Å². The molecule has 1 aromatic heterocycles. The monoisotopic (exact) mass is 230 g/mol. The Morgan fingerprint density at radius 2 is 2.18 bits per heavy atom. The van der Waals surface area contributed by atoms with E-state index in [0.29, 0.717) is 0 Å². The predicted molar refractivity (Wildman–Crippen MR) is 63.0 cm³/mol. The van der Waals surface area contributed by atoms with Crippen molar-refractivity contribution in [2.45, 2.75) is 25.6 Å². The molecule has 3 rings (SSSR count). The lowest BCUT2D eigenvalue weighted by Crippen LogP contribution is -2.05. The summed E-state index contributed by atoms with van der Waals surface area (Å²) in [4.78, 5) is 0. The van der Waals surface area contributed by atoms with Gasteiger partial charge in [-0.1, -0.05) is 6.07 Å². The topological polar surface area (TPSA) is 42.6 Å². The van der Waals surface area contributed by atoms with Gasteiger partial charge in [0.05, 0.1) is 12.5 Å². The third-order valence-electron chi connectivity index (χ3n) is 3.09. The maximum Gasteiger partial charge on any atom is 0.123 e. The zero-order valence-electron chi connectivity index (χ0n) is 9.59. The van der Waals surface area contributed by atoms with E-state index in [9.17, 15) is 5.11 Å². The molecule has 1 N–H and O–H groups in total. The molecule has 0 spiro atoms. The Bertz CT molecular complexity index is 516. The molecule has 1 aromatic carbocycles. The molecule has 0 aliphatic carbocycles. The number of fused-ring (bicyclic) bond motifs is 1. The van der Waals surface area contributed by atoms with Crippen LogP contribution in [0.3, 0.4) is 0 Å². The maximum atomic E-state index is 10.2. The Hall–Kier alpha value is -1.74. The van der Waals surface area contributed by atoms with Crippen LogP contribution in [0.2, 0.25) is 0 Å². The van der Waals surface area contributed by atoms with Crippen LogP contribution in [0, 0.1) is 0 Å². The first kappa shape index (κ1) is 10.4. The Morgan fingerprint density at radius 3 is 2.94 bits per heavy atom. The Kier molecular flexibility index (Phi) is 2.41. The van der Waals surface area contributed by atoms with Gasteiger partial charge in [0, 0.05) is 12.0 Å². The van der Waals surface area contributed by atoms with Gasteiger partial charge in [-0.3, -0.25) is 0 Å². The highest BCUT2D eigenvalue weighted by Gasteiger charge is 2.21. The molecule has 3 heteroatoms. The lowest BCUT2D eigenvalue weighted by Gasteiger charge is -2.09. The van der Waals surface area contributed by atoms with Crippen LogP contribution in [0.15, 0.2) is 41.2 Å². The summed E-state index contributed by atoms with van der Waals surface area (Å²) < 4.78 is 10.6. The fourth-order valence-corrected chi connectivity index (χ4v) is 2.24. The molecule has 17 heavy (non-hydrogen) atoms. The summed E-state index contributed by atoms with van der Waals surface area (Å²) >= 11 is 0. The number of hydrogen-bond acceptors (Lipinski definition) is 3. The van der Waals surface area contributed by atoms with E-state index in [0.717, 1.165) is 28.9 Å². The number of aliphatic hydroxyl groups is 1. The zero-order chi connectivity index (χ0) is 11.8. The molecule has 1 aliphatic heterocycles. The minimum atomic E-state index is -0.630. The summed E-state index contributed by atoms with van der Waals surface area (Å²) in [5.41, 5.74) is 2.82. The summed E-state index contributed by atoms with van der Waals surface area (Å²) in [6, 6.07) is 7.61. The van der Waals surface area contributed by atoms with E-state index >= 15 is 0 Å². The van der Waals surface area contributed by atoms with Gasteiger partial charge in [-0.2, -0.15) is 0 Å². The minimum absolute atomic E-state index is 0.228. The molecule has 2 aromatic rings. The second kappa shape index (κ2) is 3.93. The maximum absolute atomic E-state index is 10.2. The highest BCUT2D eigenvalue weighted by atomic mass is 16.5. The SMILES string of the molecule is CC1Cc2cc(C(O)c3ccoc3)ccc2O1. The van der Waals surface area contributed by atoms with Gasteiger partial charge in [-0.15, -0.1) is 0 Å². The number of rotatable bonds is 2. The average molecular weight is 230 g/mol. The van der Waals surface area contributed by atoms with E-state index in [1.54, 1.807) is 18.6 Å². The Labute approximate surface area is 99.6 Å². The van der Waals surface area contributed by atoms with E-state index in [-0.39, 0.29) is 6.10 Å². The van der Waals surface area contributed by atoms with Crippen LogP contribution in [0.25, 0.3) is 0 Å². The predicted octanol–water partition coefficient (Wildman–Crippen LogP) is 2.68. The van der Waals surface area contributed by atoms with E-state index in [2.05, 4.69) is 0 Å². The van der Waals surface area contributed by atoms with Crippen molar-refractivity contribution in [1.82, 2.24) is 0 Å². The third kappa shape index (κ3) is 1.83. The largest absolute Gasteiger partial charge is 0.490 e. The van der Waals surface area contributed by atoms with Crippen molar-refractivity contribution >= 4 is 0 Å². The Morgan fingerprint density at radius 1 is 1.29 bits per heavy atom. The van der Waals surface area contributed by atoms with E-state index in [4.69, 9.17) is 9.15 Å². The molecule has 2 atom stereocenters. The standard InChI is InChI=1S/C14H14O3/c1-9-6-12-7-10(2-3-13(12)17-9)14(15)11-4-5-16-8-11/h2-5,7-9,14-15H,6H2,1H3. The van der Waals surface area contributed by atoms with Crippen molar-refractivity contribution in [1.29, 1.82) is 0 Å². The fourth-order valence-electron chi connectivity index (χ4n) is 2.24. The van der Waals surface area contributed by atoms with E-state index in [1.165, 1.54) is 0 Å².